The van der Waals surface area contributed by atoms with Gasteiger partial charge in [-0.15, -0.1) is 0 Å². The van der Waals surface area contributed by atoms with Crippen LogP contribution in [0.2, 0.25) is 0 Å². The van der Waals surface area contributed by atoms with Crippen molar-refractivity contribution in [2.75, 3.05) is 5.32 Å². The zero-order valence-corrected chi connectivity index (χ0v) is 9.81. The molecule has 18 heavy (non-hydrogen) atoms. The molecule has 1 heterocycles. The summed E-state index contributed by atoms with van der Waals surface area (Å²) in [5.74, 6) is -1.32. The molecule has 92 valence electrons. The maximum atomic E-state index is 10.8. The molecule has 0 aliphatic heterocycles. The third kappa shape index (κ3) is 2.46. The minimum atomic E-state index is -1.32. The molecule has 2 rings (SSSR count). The van der Waals surface area contributed by atoms with Crippen molar-refractivity contribution in [1.29, 1.82) is 0 Å². The van der Waals surface area contributed by atoms with Gasteiger partial charge in [0.1, 0.15) is 5.56 Å². The van der Waals surface area contributed by atoms with Crippen LogP contribution >= 0.6 is 11.3 Å². The van der Waals surface area contributed by atoms with E-state index in [2.05, 4.69) is 5.32 Å². The predicted octanol–water partition coefficient (Wildman–Crippen LogP) is 3.10. The van der Waals surface area contributed by atoms with E-state index in [0.29, 0.717) is 5.69 Å². The lowest BCUT2D eigenvalue weighted by atomic mass is 10.1. The van der Waals surface area contributed by atoms with Gasteiger partial charge in [0, 0.05) is 22.8 Å². The van der Waals surface area contributed by atoms with Gasteiger partial charge < -0.3 is 10.4 Å². The number of benzene rings is 1. The molecule has 6 nitrogen and oxygen atoms in total. The molecule has 2 N–H and O–H groups in total. The van der Waals surface area contributed by atoms with Crippen molar-refractivity contribution >= 4 is 34.4 Å². The summed E-state index contributed by atoms with van der Waals surface area (Å²) in [6, 6.07) is 5.74. The summed E-state index contributed by atoms with van der Waals surface area (Å²) in [5, 5.41) is 26.3. The summed E-state index contributed by atoms with van der Waals surface area (Å²) in [4.78, 5) is 20.9. The first-order valence-corrected chi connectivity index (χ1v) is 5.83. The summed E-state index contributed by atoms with van der Waals surface area (Å²) >= 11 is 1.49. The fraction of sp³-hybridized carbons (Fsp3) is 0. The molecule has 7 heteroatoms. The van der Waals surface area contributed by atoms with Crippen molar-refractivity contribution in [3.8, 4) is 0 Å². The molecule has 1 aromatic carbocycles. The minimum Gasteiger partial charge on any atom is -0.477 e. The number of carboxylic acids is 1. The molecular weight excluding hydrogens is 256 g/mol. The molecule has 0 saturated carbocycles. The van der Waals surface area contributed by atoms with Crippen LogP contribution in [0.5, 0.6) is 0 Å². The Morgan fingerprint density at radius 3 is 2.67 bits per heavy atom. The summed E-state index contributed by atoms with van der Waals surface area (Å²) < 4.78 is 0. The Hall–Kier alpha value is -2.41. The van der Waals surface area contributed by atoms with Crippen molar-refractivity contribution < 1.29 is 14.8 Å². The zero-order chi connectivity index (χ0) is 13.1. The van der Waals surface area contributed by atoms with Crippen LogP contribution in [0.15, 0.2) is 35.0 Å². The Labute approximate surface area is 106 Å². The third-order valence-electron chi connectivity index (χ3n) is 2.23. The van der Waals surface area contributed by atoms with E-state index in [9.17, 15) is 14.9 Å². The maximum absolute atomic E-state index is 10.8. The Kier molecular flexibility index (Phi) is 3.24. The first kappa shape index (κ1) is 12.1. The van der Waals surface area contributed by atoms with E-state index in [1.165, 1.54) is 29.5 Å². The van der Waals surface area contributed by atoms with Crippen LogP contribution in [0.3, 0.4) is 0 Å². The van der Waals surface area contributed by atoms with Crippen molar-refractivity contribution in [3.63, 3.8) is 0 Å². The van der Waals surface area contributed by atoms with Gasteiger partial charge in [-0.2, -0.15) is 11.3 Å². The van der Waals surface area contributed by atoms with Crippen LogP contribution in [0.4, 0.5) is 17.1 Å². The van der Waals surface area contributed by atoms with Gasteiger partial charge in [-0.3, -0.25) is 10.1 Å². The summed E-state index contributed by atoms with van der Waals surface area (Å²) in [6.45, 7) is 0. The third-order valence-corrected chi connectivity index (χ3v) is 2.92. The second-order valence-electron chi connectivity index (χ2n) is 3.43. The first-order valence-electron chi connectivity index (χ1n) is 4.89. The highest BCUT2D eigenvalue weighted by Crippen LogP contribution is 2.26. The van der Waals surface area contributed by atoms with Gasteiger partial charge in [-0.25, -0.2) is 4.79 Å². The average molecular weight is 264 g/mol. The number of nitro groups is 1. The molecule has 0 aliphatic carbocycles. The van der Waals surface area contributed by atoms with Gasteiger partial charge in [0.05, 0.1) is 4.92 Å². The molecule has 0 amide bonds. The number of carboxylic acid groups (broad SMARTS) is 1. The molecule has 0 spiro atoms. The number of nitrogens with one attached hydrogen (secondary N) is 1. The van der Waals surface area contributed by atoms with Gasteiger partial charge in [-0.1, -0.05) is 0 Å². The van der Waals surface area contributed by atoms with Crippen molar-refractivity contribution in [2.45, 2.75) is 0 Å². The van der Waals surface area contributed by atoms with Crippen LogP contribution < -0.4 is 5.32 Å². The molecule has 0 atom stereocenters. The predicted molar refractivity (Wildman–Crippen MR) is 67.7 cm³/mol. The molecule has 0 unspecified atom stereocenters. The highest BCUT2D eigenvalue weighted by molar-refractivity contribution is 7.08. The quantitative estimate of drug-likeness (QED) is 0.653. The van der Waals surface area contributed by atoms with E-state index in [1.807, 2.05) is 16.8 Å². The lowest BCUT2D eigenvalue weighted by Crippen LogP contribution is -2.03. The molecule has 0 radical (unpaired) electrons. The van der Waals surface area contributed by atoms with Gasteiger partial charge in [0.25, 0.3) is 5.69 Å². The van der Waals surface area contributed by atoms with Crippen LogP contribution in [0, 0.1) is 10.1 Å². The molecule has 0 aliphatic rings. The van der Waals surface area contributed by atoms with Crippen molar-refractivity contribution in [1.82, 2.24) is 0 Å². The van der Waals surface area contributed by atoms with Crippen LogP contribution in [-0.4, -0.2) is 16.0 Å². The van der Waals surface area contributed by atoms with E-state index < -0.39 is 16.6 Å². The average Bonchev–Trinajstić information content (AvgIpc) is 2.81. The number of hydrogen-bond acceptors (Lipinski definition) is 5. The molecule has 0 bridgehead atoms. The van der Waals surface area contributed by atoms with E-state index in [4.69, 9.17) is 5.11 Å². The fourth-order valence-electron chi connectivity index (χ4n) is 1.44. The molecule has 1 aromatic heterocycles. The van der Waals surface area contributed by atoms with Gasteiger partial charge in [-0.05, 0) is 23.6 Å². The van der Waals surface area contributed by atoms with Gasteiger partial charge in [0.2, 0.25) is 0 Å². The second-order valence-corrected chi connectivity index (χ2v) is 4.21. The van der Waals surface area contributed by atoms with Crippen LogP contribution in [0.25, 0.3) is 0 Å². The molecule has 0 saturated heterocycles. The minimum absolute atomic E-state index is 0.323. The highest BCUT2D eigenvalue weighted by atomic mass is 32.1. The summed E-state index contributed by atoms with van der Waals surface area (Å²) in [6.07, 6.45) is 0. The normalized spacial score (nSPS) is 10.0. The monoisotopic (exact) mass is 264 g/mol. The Balaban J connectivity index is 2.37. The van der Waals surface area contributed by atoms with E-state index in [-0.39, 0.29) is 5.56 Å². The lowest BCUT2D eigenvalue weighted by molar-refractivity contribution is -0.385. The van der Waals surface area contributed by atoms with E-state index in [0.717, 1.165) is 5.69 Å². The number of nitrogens with zero attached hydrogens (tertiary/aromatic N) is 1. The topological polar surface area (TPSA) is 92.5 Å². The van der Waals surface area contributed by atoms with Crippen LogP contribution in [0.1, 0.15) is 10.4 Å². The standard InChI is InChI=1S/C11H8N2O4S/c14-11(15)9-2-1-7(5-10(9)13(16)17)12-8-3-4-18-6-8/h1-6,12H,(H,14,15). The zero-order valence-electron chi connectivity index (χ0n) is 8.99. The number of thiophene rings is 1. The Morgan fingerprint density at radius 1 is 1.33 bits per heavy atom. The largest absolute Gasteiger partial charge is 0.477 e. The van der Waals surface area contributed by atoms with Gasteiger partial charge in [0.15, 0.2) is 0 Å². The summed E-state index contributed by atoms with van der Waals surface area (Å²) in [7, 11) is 0. The number of hydrogen-bond donors (Lipinski definition) is 2. The molecular formula is C11H8N2O4S. The second kappa shape index (κ2) is 4.84. The smallest absolute Gasteiger partial charge is 0.342 e. The molecule has 2 aromatic rings. The fourth-order valence-corrected chi connectivity index (χ4v) is 2.03. The van der Waals surface area contributed by atoms with Crippen molar-refractivity contribution in [3.05, 3.63) is 50.7 Å². The molecule has 0 fully saturated rings. The summed E-state index contributed by atoms with van der Waals surface area (Å²) in [5.41, 5.74) is 0.529. The Bertz CT molecular complexity index is 595. The first-order chi connectivity index (χ1) is 8.58. The lowest BCUT2D eigenvalue weighted by Gasteiger charge is -2.05. The van der Waals surface area contributed by atoms with Crippen molar-refractivity contribution in [2.24, 2.45) is 0 Å². The van der Waals surface area contributed by atoms with Crippen LogP contribution in [-0.2, 0) is 0 Å². The van der Waals surface area contributed by atoms with Gasteiger partial charge >= 0.3 is 5.97 Å². The number of carbonyl (C=O) groups is 1. The SMILES string of the molecule is O=C(O)c1ccc(Nc2ccsc2)cc1[N+](=O)[O-]. The number of anilines is 2. The number of rotatable bonds is 4. The maximum Gasteiger partial charge on any atom is 0.342 e. The van der Waals surface area contributed by atoms with E-state index >= 15 is 0 Å². The highest BCUT2D eigenvalue weighted by Gasteiger charge is 2.19. The Morgan fingerprint density at radius 2 is 2.11 bits per heavy atom. The number of aromatic carboxylic acids is 1. The number of nitro benzene ring substituents is 1. The van der Waals surface area contributed by atoms with E-state index in [1.54, 1.807) is 0 Å².